The van der Waals surface area contributed by atoms with Crippen LogP contribution in [0.25, 0.3) is 0 Å². The summed E-state index contributed by atoms with van der Waals surface area (Å²) in [5, 5.41) is 14.0. The summed E-state index contributed by atoms with van der Waals surface area (Å²) in [4.78, 5) is 23.3. The van der Waals surface area contributed by atoms with Crippen molar-refractivity contribution in [2.45, 2.75) is 328 Å². The molecule has 0 radical (unpaired) electrons. The second-order valence-corrected chi connectivity index (χ2v) is 24.2. The Labute approximate surface area is 443 Å². The predicted octanol–water partition coefficient (Wildman–Crippen LogP) is 19.2. The molecule has 71 heavy (non-hydrogen) atoms. The minimum Gasteiger partial charge on any atom is -0.387 e. The van der Waals surface area contributed by atoms with Gasteiger partial charge in [-0.2, -0.15) is 0 Å². The standard InChI is InChI=1S/C62H123N2O6P/c1-6-8-10-12-14-16-18-20-22-24-26-27-28-29-30-31-32-33-34-35-36-37-38-39-41-43-45-47-49-51-53-55-61(65)60(59-70-71(67,68)69-58-57-64(3,4)5)63-62(66)56-54-52-50-48-46-44-42-40-25-23-21-19-17-15-13-11-9-7-2/h23,25,53,55,60-61,65H,6-22,24,26-52,54,56-59H2,1-5H3,(H-,63,66,67,68)/p+1/b25-23-,55-53+. The number of likely N-dealkylation sites (N-methyl/N-ethyl adjacent to an activating group) is 1. The molecule has 0 aromatic heterocycles. The van der Waals surface area contributed by atoms with Crippen molar-refractivity contribution in [2.24, 2.45) is 0 Å². The van der Waals surface area contributed by atoms with Crippen molar-refractivity contribution in [1.29, 1.82) is 0 Å². The normalized spacial score (nSPS) is 14.0. The van der Waals surface area contributed by atoms with Crippen molar-refractivity contribution in [2.75, 3.05) is 40.9 Å². The maximum Gasteiger partial charge on any atom is 0.472 e. The molecule has 0 aromatic rings. The highest BCUT2D eigenvalue weighted by atomic mass is 31.2. The molecular weight excluding hydrogens is 900 g/mol. The lowest BCUT2D eigenvalue weighted by Gasteiger charge is -2.25. The average molecular weight is 1020 g/mol. The number of nitrogens with one attached hydrogen (secondary N) is 1. The highest BCUT2D eigenvalue weighted by Crippen LogP contribution is 2.43. The SMILES string of the molecule is CCCCCCCCC/C=C\CCCCCCCCCC(=O)NC(COP(=O)(O)OCC[N+](C)(C)C)C(O)/C=C/CCCCCCCCCCCCCCCCCCCCCCCCCCCCCCC. The Morgan fingerprint density at radius 1 is 0.465 bits per heavy atom. The van der Waals surface area contributed by atoms with Crippen molar-refractivity contribution in [3.63, 3.8) is 0 Å². The second kappa shape index (κ2) is 53.8. The Bertz CT molecular complexity index is 1210. The van der Waals surface area contributed by atoms with Gasteiger partial charge in [0, 0.05) is 6.42 Å². The van der Waals surface area contributed by atoms with Crippen LogP contribution in [0.2, 0.25) is 0 Å². The largest absolute Gasteiger partial charge is 0.472 e. The molecule has 1 amide bonds. The summed E-state index contributed by atoms with van der Waals surface area (Å²) in [5.74, 6) is -0.177. The van der Waals surface area contributed by atoms with Gasteiger partial charge in [0.25, 0.3) is 0 Å². The van der Waals surface area contributed by atoms with E-state index < -0.39 is 20.0 Å². The lowest BCUT2D eigenvalue weighted by atomic mass is 10.0. The van der Waals surface area contributed by atoms with E-state index in [1.54, 1.807) is 6.08 Å². The van der Waals surface area contributed by atoms with Crippen molar-refractivity contribution in [3.05, 3.63) is 24.3 Å². The van der Waals surface area contributed by atoms with Gasteiger partial charge >= 0.3 is 7.82 Å². The Balaban J connectivity index is 4.08. The molecule has 0 heterocycles. The van der Waals surface area contributed by atoms with Gasteiger partial charge < -0.3 is 19.8 Å². The minimum absolute atomic E-state index is 0.0624. The van der Waals surface area contributed by atoms with Gasteiger partial charge in [0.2, 0.25) is 5.91 Å². The van der Waals surface area contributed by atoms with E-state index in [1.807, 2.05) is 27.2 Å². The van der Waals surface area contributed by atoms with Crippen molar-refractivity contribution < 1.29 is 32.9 Å². The number of nitrogens with zero attached hydrogens (tertiary/aromatic N) is 1. The summed E-state index contributed by atoms with van der Waals surface area (Å²) in [6, 6.07) is -0.848. The van der Waals surface area contributed by atoms with Crippen LogP contribution in [0.5, 0.6) is 0 Å². The molecule has 0 saturated heterocycles. The summed E-state index contributed by atoms with van der Waals surface area (Å²) in [5.41, 5.74) is 0. The zero-order valence-corrected chi connectivity index (χ0v) is 49.1. The summed E-state index contributed by atoms with van der Waals surface area (Å²) in [6.07, 6.45) is 68.7. The van der Waals surface area contributed by atoms with Gasteiger partial charge in [-0.15, -0.1) is 0 Å². The van der Waals surface area contributed by atoms with Gasteiger partial charge in [-0.1, -0.05) is 289 Å². The third-order valence-electron chi connectivity index (χ3n) is 14.4. The monoisotopic (exact) mass is 1020 g/mol. The molecule has 422 valence electrons. The smallest absolute Gasteiger partial charge is 0.387 e. The molecule has 0 spiro atoms. The van der Waals surface area contributed by atoms with Crippen LogP contribution < -0.4 is 5.32 Å². The van der Waals surface area contributed by atoms with Crippen LogP contribution in [0.3, 0.4) is 0 Å². The van der Waals surface area contributed by atoms with Crippen molar-refractivity contribution in [3.8, 4) is 0 Å². The lowest BCUT2D eigenvalue weighted by Crippen LogP contribution is -2.45. The number of carbonyl (C=O) groups excluding carboxylic acids is 1. The molecule has 0 fully saturated rings. The van der Waals surface area contributed by atoms with E-state index >= 15 is 0 Å². The van der Waals surface area contributed by atoms with Crippen molar-refractivity contribution >= 4 is 13.7 Å². The van der Waals surface area contributed by atoms with Crippen LogP contribution in [0.4, 0.5) is 0 Å². The predicted molar refractivity (Wildman–Crippen MR) is 309 cm³/mol. The number of carbonyl (C=O) groups is 1. The number of amides is 1. The summed E-state index contributed by atoms with van der Waals surface area (Å²) < 4.78 is 23.7. The molecular formula is C62H124N2O6P+. The number of phosphoric ester groups is 1. The molecule has 0 aliphatic heterocycles. The fourth-order valence-corrected chi connectivity index (χ4v) is 10.2. The van der Waals surface area contributed by atoms with Gasteiger partial charge in [0.1, 0.15) is 13.2 Å². The number of aliphatic hydroxyl groups is 1. The first-order valence-corrected chi connectivity index (χ1v) is 32.7. The van der Waals surface area contributed by atoms with Gasteiger partial charge in [-0.3, -0.25) is 13.8 Å². The molecule has 0 aromatic carbocycles. The third-order valence-corrected chi connectivity index (χ3v) is 15.4. The molecule has 0 rings (SSSR count). The third kappa shape index (κ3) is 56.5. The van der Waals surface area contributed by atoms with Crippen LogP contribution in [-0.2, 0) is 18.4 Å². The van der Waals surface area contributed by atoms with Gasteiger partial charge in [0.15, 0.2) is 0 Å². The van der Waals surface area contributed by atoms with E-state index in [0.717, 1.165) is 38.5 Å². The molecule has 0 bridgehead atoms. The quantitative estimate of drug-likeness (QED) is 0.0243. The fraction of sp³-hybridized carbons (Fsp3) is 0.919. The highest BCUT2D eigenvalue weighted by molar-refractivity contribution is 7.47. The number of aliphatic hydroxyl groups excluding tert-OH is 1. The number of unbranched alkanes of at least 4 members (excludes halogenated alkanes) is 43. The van der Waals surface area contributed by atoms with E-state index in [0.29, 0.717) is 17.4 Å². The lowest BCUT2D eigenvalue weighted by molar-refractivity contribution is -0.870. The molecule has 0 saturated carbocycles. The number of quaternary nitrogens is 1. The van der Waals surface area contributed by atoms with E-state index in [9.17, 15) is 19.4 Å². The topological polar surface area (TPSA) is 105 Å². The van der Waals surface area contributed by atoms with Gasteiger partial charge in [0.05, 0.1) is 39.9 Å². The molecule has 0 aliphatic rings. The maximum absolute atomic E-state index is 13.0. The first-order chi connectivity index (χ1) is 34.5. The molecule has 3 unspecified atom stereocenters. The number of rotatable bonds is 58. The summed E-state index contributed by atoms with van der Waals surface area (Å²) >= 11 is 0. The first kappa shape index (κ1) is 70.0. The molecule has 9 heteroatoms. The fourth-order valence-electron chi connectivity index (χ4n) is 9.51. The van der Waals surface area contributed by atoms with Gasteiger partial charge in [-0.25, -0.2) is 4.57 Å². The number of hydrogen-bond donors (Lipinski definition) is 3. The van der Waals surface area contributed by atoms with E-state index in [1.165, 1.54) is 257 Å². The Morgan fingerprint density at radius 3 is 1.08 bits per heavy atom. The number of phosphoric acid groups is 1. The Morgan fingerprint density at radius 2 is 0.761 bits per heavy atom. The maximum atomic E-state index is 13.0. The second-order valence-electron chi connectivity index (χ2n) is 22.8. The van der Waals surface area contributed by atoms with Crippen LogP contribution in [-0.4, -0.2) is 73.4 Å². The number of allylic oxidation sites excluding steroid dienone is 3. The average Bonchev–Trinajstić information content (AvgIpc) is 3.33. The Hall–Kier alpha value is -1.02. The van der Waals surface area contributed by atoms with Crippen LogP contribution in [0.1, 0.15) is 316 Å². The molecule has 3 atom stereocenters. The molecule has 8 nitrogen and oxygen atoms in total. The van der Waals surface area contributed by atoms with Crippen LogP contribution >= 0.6 is 7.82 Å². The van der Waals surface area contributed by atoms with E-state index in [2.05, 4.69) is 31.3 Å². The molecule has 3 N–H and O–H groups in total. The van der Waals surface area contributed by atoms with Gasteiger partial charge in [-0.05, 0) is 44.9 Å². The molecule has 0 aliphatic carbocycles. The van der Waals surface area contributed by atoms with Crippen molar-refractivity contribution in [1.82, 2.24) is 5.32 Å². The number of hydrogen-bond acceptors (Lipinski definition) is 5. The van der Waals surface area contributed by atoms with E-state index in [-0.39, 0.29) is 19.1 Å². The zero-order chi connectivity index (χ0) is 52.0. The summed E-state index contributed by atoms with van der Waals surface area (Å²) in [7, 11) is 1.58. The minimum atomic E-state index is -4.35. The van der Waals surface area contributed by atoms with E-state index in [4.69, 9.17) is 9.05 Å². The zero-order valence-electron chi connectivity index (χ0n) is 48.2. The highest BCUT2D eigenvalue weighted by Gasteiger charge is 2.27. The van der Waals surface area contributed by atoms with Crippen LogP contribution in [0, 0.1) is 0 Å². The first-order valence-electron chi connectivity index (χ1n) is 31.2. The summed E-state index contributed by atoms with van der Waals surface area (Å²) in [6.45, 7) is 4.85. The van der Waals surface area contributed by atoms with Crippen LogP contribution in [0.15, 0.2) is 24.3 Å². The Kier molecular flexibility index (Phi) is 53.0.